The molecule has 2 N–H and O–H groups in total. The van der Waals surface area contributed by atoms with E-state index >= 15 is 0 Å². The van der Waals surface area contributed by atoms with Crippen LogP contribution in [0.5, 0.6) is 0 Å². The van der Waals surface area contributed by atoms with E-state index in [1.807, 2.05) is 0 Å². The third-order valence-corrected chi connectivity index (χ3v) is 4.38. The van der Waals surface area contributed by atoms with Gasteiger partial charge in [0.25, 0.3) is 0 Å². The first-order chi connectivity index (χ1) is 8.25. The van der Waals surface area contributed by atoms with E-state index in [0.717, 1.165) is 25.7 Å². The second kappa shape index (κ2) is 9.18. The van der Waals surface area contributed by atoms with Crippen molar-refractivity contribution in [2.75, 3.05) is 6.61 Å². The first kappa shape index (κ1) is 15.3. The lowest BCUT2D eigenvalue weighted by Crippen LogP contribution is -2.31. The highest BCUT2D eigenvalue weighted by Crippen LogP contribution is 2.26. The predicted molar refractivity (Wildman–Crippen MR) is 72.4 cm³/mol. The smallest absolute Gasteiger partial charge is 0.0619 e. The van der Waals surface area contributed by atoms with Gasteiger partial charge in [-0.3, -0.25) is 0 Å². The molecule has 2 nitrogen and oxygen atoms in total. The number of halogens is 1. The van der Waals surface area contributed by atoms with E-state index in [1.54, 1.807) is 0 Å². The van der Waals surface area contributed by atoms with Gasteiger partial charge in [0.2, 0.25) is 0 Å². The predicted octanol–water partition coefficient (Wildman–Crippen LogP) is 3.48. The minimum atomic E-state index is -0.330. The van der Waals surface area contributed by atoms with Gasteiger partial charge >= 0.3 is 0 Å². The first-order valence-electron chi connectivity index (χ1n) is 7.18. The lowest BCUT2D eigenvalue weighted by atomic mass is 9.88. The van der Waals surface area contributed by atoms with Crippen LogP contribution in [0.4, 0.5) is 0 Å². The van der Waals surface area contributed by atoms with E-state index in [4.69, 9.17) is 16.7 Å². The molecule has 0 saturated heterocycles. The van der Waals surface area contributed by atoms with Crippen LogP contribution in [-0.2, 0) is 0 Å². The molecule has 0 aromatic heterocycles. The van der Waals surface area contributed by atoms with E-state index in [2.05, 4.69) is 0 Å². The zero-order chi connectivity index (χ0) is 12.5. The molecule has 0 spiro atoms. The lowest BCUT2D eigenvalue weighted by Gasteiger charge is -2.26. The summed E-state index contributed by atoms with van der Waals surface area (Å²) >= 11 is 6.12. The molecule has 3 heteroatoms. The van der Waals surface area contributed by atoms with Crippen molar-refractivity contribution in [3.05, 3.63) is 0 Å². The highest BCUT2D eigenvalue weighted by atomic mass is 35.5. The summed E-state index contributed by atoms with van der Waals surface area (Å²) in [5.41, 5.74) is 0. The number of rotatable bonds is 2. The van der Waals surface area contributed by atoms with Crippen molar-refractivity contribution >= 4 is 11.6 Å². The SMILES string of the molecule is OCC(Cl)C1CCCCCCCCCCC1O. The Kier molecular flexibility index (Phi) is 8.25. The van der Waals surface area contributed by atoms with Gasteiger partial charge in [-0.25, -0.2) is 0 Å². The van der Waals surface area contributed by atoms with Gasteiger partial charge in [0.1, 0.15) is 0 Å². The average molecular weight is 263 g/mol. The van der Waals surface area contributed by atoms with Crippen molar-refractivity contribution in [3.63, 3.8) is 0 Å². The van der Waals surface area contributed by atoms with Gasteiger partial charge < -0.3 is 10.2 Å². The van der Waals surface area contributed by atoms with Gasteiger partial charge in [-0.05, 0) is 12.8 Å². The second-order valence-corrected chi connectivity index (χ2v) is 5.90. The van der Waals surface area contributed by atoms with E-state index in [0.29, 0.717) is 0 Å². The van der Waals surface area contributed by atoms with Gasteiger partial charge in [-0.1, -0.05) is 51.4 Å². The largest absolute Gasteiger partial charge is 0.395 e. The maximum Gasteiger partial charge on any atom is 0.0619 e. The maximum absolute atomic E-state index is 10.2. The number of alkyl halides is 1. The molecule has 1 rings (SSSR count). The normalized spacial score (nSPS) is 31.2. The van der Waals surface area contributed by atoms with E-state index in [1.165, 1.54) is 38.5 Å². The summed E-state index contributed by atoms with van der Waals surface area (Å²) in [5, 5.41) is 19.0. The van der Waals surface area contributed by atoms with Gasteiger partial charge in [0.15, 0.2) is 0 Å². The number of aliphatic hydroxyl groups excluding tert-OH is 2. The van der Waals surface area contributed by atoms with Gasteiger partial charge in [0, 0.05) is 5.92 Å². The van der Waals surface area contributed by atoms with Crippen LogP contribution < -0.4 is 0 Å². The Morgan fingerprint density at radius 2 is 1.35 bits per heavy atom. The average Bonchev–Trinajstić information content (AvgIpc) is 2.33. The van der Waals surface area contributed by atoms with E-state index in [-0.39, 0.29) is 24.0 Å². The van der Waals surface area contributed by atoms with Gasteiger partial charge in [-0.2, -0.15) is 0 Å². The van der Waals surface area contributed by atoms with Crippen LogP contribution in [0, 0.1) is 5.92 Å². The van der Waals surface area contributed by atoms with Crippen molar-refractivity contribution in [1.29, 1.82) is 0 Å². The summed E-state index contributed by atoms with van der Waals surface area (Å²) in [4.78, 5) is 0. The Hall–Kier alpha value is 0.210. The van der Waals surface area contributed by atoms with Crippen molar-refractivity contribution in [2.45, 2.75) is 75.7 Å². The first-order valence-corrected chi connectivity index (χ1v) is 7.62. The molecule has 0 bridgehead atoms. The van der Waals surface area contributed by atoms with Gasteiger partial charge in [-0.15, -0.1) is 11.6 Å². The second-order valence-electron chi connectivity index (χ2n) is 5.34. The molecule has 102 valence electrons. The third kappa shape index (κ3) is 6.08. The van der Waals surface area contributed by atoms with Crippen LogP contribution in [0.2, 0.25) is 0 Å². The van der Waals surface area contributed by atoms with Crippen LogP contribution in [0.1, 0.15) is 64.2 Å². The van der Waals surface area contributed by atoms with Crippen molar-refractivity contribution in [1.82, 2.24) is 0 Å². The van der Waals surface area contributed by atoms with E-state index in [9.17, 15) is 5.11 Å². The Morgan fingerprint density at radius 1 is 0.882 bits per heavy atom. The van der Waals surface area contributed by atoms with Crippen LogP contribution in [0.15, 0.2) is 0 Å². The Labute approximate surface area is 110 Å². The fourth-order valence-electron chi connectivity index (χ4n) is 2.76. The van der Waals surface area contributed by atoms with Gasteiger partial charge in [0.05, 0.1) is 18.1 Å². The maximum atomic E-state index is 10.2. The minimum absolute atomic E-state index is 0.0245. The molecule has 1 aliphatic carbocycles. The molecular weight excluding hydrogens is 236 g/mol. The fraction of sp³-hybridized carbons (Fsp3) is 1.00. The summed E-state index contributed by atoms with van der Waals surface area (Å²) in [5.74, 6) is 0.0705. The molecule has 1 saturated carbocycles. The Balaban J connectivity index is 2.45. The monoisotopic (exact) mass is 262 g/mol. The molecule has 1 aliphatic rings. The summed E-state index contributed by atoms with van der Waals surface area (Å²) < 4.78 is 0. The zero-order valence-electron chi connectivity index (χ0n) is 10.8. The molecular formula is C14H27ClO2. The highest BCUT2D eigenvalue weighted by molar-refractivity contribution is 6.20. The van der Waals surface area contributed by atoms with Crippen molar-refractivity contribution in [2.24, 2.45) is 5.92 Å². The molecule has 0 aromatic carbocycles. The quantitative estimate of drug-likeness (QED) is 0.748. The number of hydrogen-bond acceptors (Lipinski definition) is 2. The topological polar surface area (TPSA) is 40.5 Å². The molecule has 3 unspecified atom stereocenters. The van der Waals surface area contributed by atoms with Crippen molar-refractivity contribution < 1.29 is 10.2 Å². The van der Waals surface area contributed by atoms with Crippen molar-refractivity contribution in [3.8, 4) is 0 Å². The third-order valence-electron chi connectivity index (χ3n) is 3.92. The van der Waals surface area contributed by atoms with Crippen LogP contribution in [-0.4, -0.2) is 28.3 Å². The molecule has 0 heterocycles. The minimum Gasteiger partial charge on any atom is -0.395 e. The zero-order valence-corrected chi connectivity index (χ0v) is 11.5. The molecule has 17 heavy (non-hydrogen) atoms. The molecule has 1 fully saturated rings. The standard InChI is InChI=1S/C14H27ClO2/c15-13(11-16)12-9-7-5-3-1-2-4-6-8-10-14(12)17/h12-14,16-17H,1-11H2. The summed E-state index contributed by atoms with van der Waals surface area (Å²) in [6.07, 6.45) is 11.4. The van der Waals surface area contributed by atoms with E-state index < -0.39 is 0 Å². The summed E-state index contributed by atoms with van der Waals surface area (Å²) in [6.45, 7) is -0.0245. The molecule has 0 aromatic rings. The molecule has 3 atom stereocenters. The van der Waals surface area contributed by atoms with Crippen LogP contribution in [0.3, 0.4) is 0 Å². The number of aliphatic hydroxyl groups is 2. The highest BCUT2D eigenvalue weighted by Gasteiger charge is 2.25. The fourth-order valence-corrected chi connectivity index (χ4v) is 3.05. The molecule has 0 amide bonds. The van der Waals surface area contributed by atoms with Crippen LogP contribution >= 0.6 is 11.6 Å². The molecule has 0 radical (unpaired) electrons. The summed E-state index contributed by atoms with van der Waals surface area (Å²) in [7, 11) is 0. The Morgan fingerprint density at radius 3 is 1.88 bits per heavy atom. The number of hydrogen-bond donors (Lipinski definition) is 2. The Bertz CT molecular complexity index is 187. The lowest BCUT2D eigenvalue weighted by molar-refractivity contribution is 0.0753. The van der Waals surface area contributed by atoms with Crippen LogP contribution in [0.25, 0.3) is 0 Å². The molecule has 0 aliphatic heterocycles. The summed E-state index contributed by atoms with van der Waals surface area (Å²) in [6, 6.07) is 0.